The maximum Gasteiger partial charge on any atom is 0.267 e. The molecule has 24 heavy (non-hydrogen) atoms. The van der Waals surface area contributed by atoms with E-state index in [2.05, 4.69) is 0 Å². The Bertz CT molecular complexity index is 818. The SMILES string of the molecule is Cn1cc(/C=C/C(=O)c2c(F)cccc2F)cc1/C=C/C(=O)NO. The molecule has 124 valence electrons. The van der Waals surface area contributed by atoms with Crippen molar-refractivity contribution in [3.05, 3.63) is 71.1 Å². The molecule has 0 spiro atoms. The first-order valence-electron chi connectivity index (χ1n) is 6.87. The van der Waals surface area contributed by atoms with Crippen LogP contribution in [0.2, 0.25) is 0 Å². The van der Waals surface area contributed by atoms with Crippen molar-refractivity contribution in [3.8, 4) is 0 Å². The maximum absolute atomic E-state index is 13.5. The van der Waals surface area contributed by atoms with Gasteiger partial charge in [0, 0.05) is 25.0 Å². The van der Waals surface area contributed by atoms with Crippen molar-refractivity contribution in [3.63, 3.8) is 0 Å². The third-order valence-corrected chi connectivity index (χ3v) is 3.22. The molecule has 1 aromatic heterocycles. The molecule has 0 unspecified atom stereocenters. The number of amides is 1. The lowest BCUT2D eigenvalue weighted by Crippen LogP contribution is -2.14. The molecule has 5 nitrogen and oxygen atoms in total. The quantitative estimate of drug-likeness (QED) is 0.383. The van der Waals surface area contributed by atoms with Gasteiger partial charge in [0.25, 0.3) is 5.91 Å². The largest absolute Gasteiger partial charge is 0.350 e. The lowest BCUT2D eigenvalue weighted by atomic mass is 10.1. The number of ketones is 1. The Balaban J connectivity index is 2.19. The fraction of sp³-hybridized carbons (Fsp3) is 0.0588. The van der Waals surface area contributed by atoms with Crippen LogP contribution in [0, 0.1) is 11.6 Å². The standard InChI is InChI=1S/C17H14F2N2O3/c1-21-10-11(9-12(21)6-8-16(23)20-24)5-7-15(22)17-13(18)3-2-4-14(17)19/h2-10,24H,1H3,(H,20,23)/b7-5+,8-6+. The molecule has 7 heteroatoms. The van der Waals surface area contributed by atoms with Crippen LogP contribution in [0.5, 0.6) is 0 Å². The number of nitrogens with one attached hydrogen (secondary N) is 1. The summed E-state index contributed by atoms with van der Waals surface area (Å²) in [6, 6.07) is 4.87. The van der Waals surface area contributed by atoms with Crippen LogP contribution < -0.4 is 5.48 Å². The summed E-state index contributed by atoms with van der Waals surface area (Å²) < 4.78 is 28.8. The van der Waals surface area contributed by atoms with Crippen LogP contribution in [0.3, 0.4) is 0 Å². The molecule has 1 amide bonds. The first-order chi connectivity index (χ1) is 11.4. The molecule has 1 heterocycles. The van der Waals surface area contributed by atoms with Crippen LogP contribution >= 0.6 is 0 Å². The van der Waals surface area contributed by atoms with Crippen molar-refractivity contribution in [1.82, 2.24) is 10.0 Å². The van der Waals surface area contributed by atoms with Gasteiger partial charge in [-0.15, -0.1) is 0 Å². The second kappa shape index (κ2) is 7.47. The summed E-state index contributed by atoms with van der Waals surface area (Å²) in [6.45, 7) is 0. The molecule has 0 aliphatic rings. The maximum atomic E-state index is 13.5. The van der Waals surface area contributed by atoms with Gasteiger partial charge in [-0.1, -0.05) is 6.07 Å². The summed E-state index contributed by atoms with van der Waals surface area (Å²) in [4.78, 5) is 22.9. The highest BCUT2D eigenvalue weighted by atomic mass is 19.1. The fourth-order valence-corrected chi connectivity index (χ4v) is 2.05. The molecule has 2 N–H and O–H groups in total. The molecule has 1 aromatic carbocycles. The highest BCUT2D eigenvalue weighted by Crippen LogP contribution is 2.15. The lowest BCUT2D eigenvalue weighted by Gasteiger charge is -1.99. The average molecular weight is 332 g/mol. The van der Waals surface area contributed by atoms with Crippen LogP contribution in [-0.2, 0) is 11.8 Å². The van der Waals surface area contributed by atoms with Gasteiger partial charge in [-0.05, 0) is 42.0 Å². The number of allylic oxidation sites excluding steroid dienone is 1. The first-order valence-corrected chi connectivity index (χ1v) is 6.87. The third-order valence-electron chi connectivity index (χ3n) is 3.22. The molecule has 0 atom stereocenters. The number of carbonyl (C=O) groups excluding carboxylic acids is 2. The number of hydrogen-bond acceptors (Lipinski definition) is 3. The van der Waals surface area contributed by atoms with Gasteiger partial charge in [0.2, 0.25) is 0 Å². The molecule has 2 aromatic rings. The van der Waals surface area contributed by atoms with Crippen molar-refractivity contribution in [1.29, 1.82) is 0 Å². The number of benzene rings is 1. The van der Waals surface area contributed by atoms with Crippen LogP contribution in [0.1, 0.15) is 21.6 Å². The van der Waals surface area contributed by atoms with E-state index in [1.54, 1.807) is 23.9 Å². The zero-order valence-corrected chi connectivity index (χ0v) is 12.7. The minimum atomic E-state index is -0.920. The predicted molar refractivity (Wildman–Crippen MR) is 84.1 cm³/mol. The molecule has 2 rings (SSSR count). The normalized spacial score (nSPS) is 11.3. The zero-order chi connectivity index (χ0) is 17.7. The summed E-state index contributed by atoms with van der Waals surface area (Å²) in [5.41, 5.74) is 2.09. The van der Waals surface area contributed by atoms with Crippen molar-refractivity contribution in [2.45, 2.75) is 0 Å². The van der Waals surface area contributed by atoms with E-state index in [0.29, 0.717) is 11.3 Å². The summed E-state index contributed by atoms with van der Waals surface area (Å²) in [5, 5.41) is 8.42. The monoisotopic (exact) mass is 332 g/mol. The van der Waals surface area contributed by atoms with E-state index in [-0.39, 0.29) is 0 Å². The third kappa shape index (κ3) is 4.02. The van der Waals surface area contributed by atoms with E-state index in [1.807, 2.05) is 0 Å². The number of nitrogens with zero attached hydrogens (tertiary/aromatic N) is 1. The summed E-state index contributed by atoms with van der Waals surface area (Å²) >= 11 is 0. The number of aromatic nitrogens is 1. The highest BCUT2D eigenvalue weighted by molar-refractivity contribution is 6.07. The van der Waals surface area contributed by atoms with Crippen LogP contribution in [-0.4, -0.2) is 21.5 Å². The highest BCUT2D eigenvalue weighted by Gasteiger charge is 2.14. The fourth-order valence-electron chi connectivity index (χ4n) is 2.05. The second-order valence-electron chi connectivity index (χ2n) is 4.91. The van der Waals surface area contributed by atoms with Gasteiger partial charge < -0.3 is 4.57 Å². The number of aryl methyl sites for hydroxylation is 1. The number of hydroxylamine groups is 1. The van der Waals surface area contributed by atoms with Crippen molar-refractivity contribution < 1.29 is 23.6 Å². The molecule has 0 aliphatic heterocycles. The minimum Gasteiger partial charge on any atom is -0.350 e. The Morgan fingerprint density at radius 2 is 1.83 bits per heavy atom. The van der Waals surface area contributed by atoms with E-state index in [9.17, 15) is 18.4 Å². The number of carbonyl (C=O) groups is 2. The Morgan fingerprint density at radius 3 is 2.46 bits per heavy atom. The summed E-state index contributed by atoms with van der Waals surface area (Å²) in [5.74, 6) is -3.31. The lowest BCUT2D eigenvalue weighted by molar-refractivity contribution is -0.124. The Labute approximate surface area is 136 Å². The van der Waals surface area contributed by atoms with Gasteiger partial charge >= 0.3 is 0 Å². The van der Waals surface area contributed by atoms with Crippen molar-refractivity contribution >= 4 is 23.8 Å². The molecule has 0 aliphatic carbocycles. The van der Waals surface area contributed by atoms with Gasteiger partial charge in [-0.25, -0.2) is 14.3 Å². The van der Waals surface area contributed by atoms with Crippen LogP contribution in [0.15, 0.2) is 42.6 Å². The van der Waals surface area contributed by atoms with Gasteiger partial charge in [0.1, 0.15) is 11.6 Å². The van der Waals surface area contributed by atoms with Crippen LogP contribution in [0.25, 0.3) is 12.2 Å². The van der Waals surface area contributed by atoms with Gasteiger partial charge in [0.15, 0.2) is 5.78 Å². The van der Waals surface area contributed by atoms with Crippen molar-refractivity contribution in [2.24, 2.45) is 7.05 Å². The van der Waals surface area contributed by atoms with E-state index in [1.165, 1.54) is 23.7 Å². The smallest absolute Gasteiger partial charge is 0.267 e. The Hall–Kier alpha value is -3.06. The van der Waals surface area contributed by atoms with Crippen LogP contribution in [0.4, 0.5) is 8.78 Å². The molecule has 0 radical (unpaired) electrons. The summed E-state index contributed by atoms with van der Waals surface area (Å²) in [7, 11) is 1.71. The Morgan fingerprint density at radius 1 is 1.17 bits per heavy atom. The zero-order valence-electron chi connectivity index (χ0n) is 12.7. The molecule has 0 fully saturated rings. The van der Waals surface area contributed by atoms with Gasteiger partial charge in [0.05, 0.1) is 5.56 Å². The molecular formula is C17H14F2N2O3. The van der Waals surface area contributed by atoms with Gasteiger partial charge in [-0.2, -0.15) is 0 Å². The summed E-state index contributed by atoms with van der Waals surface area (Å²) in [6.07, 6.45) is 6.74. The van der Waals surface area contributed by atoms with Crippen molar-refractivity contribution in [2.75, 3.05) is 0 Å². The average Bonchev–Trinajstić information content (AvgIpc) is 2.90. The molecule has 0 saturated heterocycles. The van der Waals surface area contributed by atoms with E-state index < -0.39 is 28.9 Å². The Kier molecular flexibility index (Phi) is 5.39. The van der Waals surface area contributed by atoms with E-state index in [4.69, 9.17) is 5.21 Å². The molecule has 0 bridgehead atoms. The van der Waals surface area contributed by atoms with E-state index in [0.717, 1.165) is 24.3 Å². The second-order valence-corrected chi connectivity index (χ2v) is 4.91. The first kappa shape index (κ1) is 17.3. The van der Waals surface area contributed by atoms with E-state index >= 15 is 0 Å². The molecular weight excluding hydrogens is 318 g/mol. The topological polar surface area (TPSA) is 71.3 Å². The minimum absolute atomic E-state index is 0.603. The molecule has 0 saturated carbocycles. The number of rotatable bonds is 5. The van der Waals surface area contributed by atoms with Gasteiger partial charge in [-0.3, -0.25) is 14.8 Å². The number of halogens is 2. The number of hydrogen-bond donors (Lipinski definition) is 2. The predicted octanol–water partition coefficient (Wildman–Crippen LogP) is 2.72.